The van der Waals surface area contributed by atoms with Crippen LogP contribution in [-0.4, -0.2) is 56.1 Å². The standard InChI is InChI=1S/C13H28N2O2/c1-11(2)15(12(3)4)7-6-14-9-13-5-8-16-10-17-13/h11-14H,5-10H2,1-4H3. The quantitative estimate of drug-likeness (QED) is 0.687. The summed E-state index contributed by atoms with van der Waals surface area (Å²) in [5, 5.41) is 3.47. The molecule has 0 aliphatic carbocycles. The molecule has 1 heterocycles. The Morgan fingerprint density at radius 2 is 1.94 bits per heavy atom. The van der Waals surface area contributed by atoms with Gasteiger partial charge in [0, 0.05) is 31.7 Å². The van der Waals surface area contributed by atoms with E-state index >= 15 is 0 Å². The monoisotopic (exact) mass is 244 g/mol. The maximum Gasteiger partial charge on any atom is 0.147 e. The summed E-state index contributed by atoms with van der Waals surface area (Å²) in [5.41, 5.74) is 0. The van der Waals surface area contributed by atoms with Crippen molar-refractivity contribution in [1.29, 1.82) is 0 Å². The molecule has 4 nitrogen and oxygen atoms in total. The molecule has 0 spiro atoms. The lowest BCUT2D eigenvalue weighted by Gasteiger charge is -2.31. The van der Waals surface area contributed by atoms with Crippen LogP contribution in [0.2, 0.25) is 0 Å². The van der Waals surface area contributed by atoms with Crippen molar-refractivity contribution in [2.24, 2.45) is 0 Å². The summed E-state index contributed by atoms with van der Waals surface area (Å²) in [6, 6.07) is 1.22. The maximum atomic E-state index is 5.48. The minimum absolute atomic E-state index is 0.329. The summed E-state index contributed by atoms with van der Waals surface area (Å²) in [7, 11) is 0. The minimum atomic E-state index is 0.329. The molecular weight excluding hydrogens is 216 g/mol. The summed E-state index contributed by atoms with van der Waals surface area (Å²) in [6.07, 6.45) is 1.33. The molecule has 1 unspecified atom stereocenters. The predicted molar refractivity (Wildman–Crippen MR) is 70.2 cm³/mol. The van der Waals surface area contributed by atoms with E-state index < -0.39 is 0 Å². The van der Waals surface area contributed by atoms with Crippen LogP contribution in [-0.2, 0) is 9.47 Å². The Bertz CT molecular complexity index is 184. The second kappa shape index (κ2) is 8.03. The van der Waals surface area contributed by atoms with Crippen molar-refractivity contribution in [3.63, 3.8) is 0 Å². The molecule has 1 aliphatic heterocycles. The zero-order valence-electron chi connectivity index (χ0n) is 11.7. The van der Waals surface area contributed by atoms with E-state index in [-0.39, 0.29) is 0 Å². The normalized spacial score (nSPS) is 21.7. The van der Waals surface area contributed by atoms with E-state index in [2.05, 4.69) is 37.9 Å². The fourth-order valence-corrected chi connectivity index (χ4v) is 2.25. The van der Waals surface area contributed by atoms with Gasteiger partial charge in [0.05, 0.1) is 12.7 Å². The summed E-state index contributed by atoms with van der Waals surface area (Å²) in [6.45, 7) is 13.3. The van der Waals surface area contributed by atoms with Gasteiger partial charge in [-0.3, -0.25) is 4.90 Å². The van der Waals surface area contributed by atoms with Crippen molar-refractivity contribution in [2.45, 2.75) is 52.3 Å². The van der Waals surface area contributed by atoms with Crippen LogP contribution in [0.25, 0.3) is 0 Å². The molecule has 1 aliphatic rings. The van der Waals surface area contributed by atoms with E-state index in [1.165, 1.54) is 0 Å². The molecule has 0 amide bonds. The Kier molecular flexibility index (Phi) is 7.04. The highest BCUT2D eigenvalue weighted by Crippen LogP contribution is 2.05. The molecule has 0 aromatic rings. The van der Waals surface area contributed by atoms with E-state index in [9.17, 15) is 0 Å². The van der Waals surface area contributed by atoms with Gasteiger partial charge in [-0.25, -0.2) is 0 Å². The summed E-state index contributed by atoms with van der Waals surface area (Å²) < 4.78 is 10.6. The zero-order valence-corrected chi connectivity index (χ0v) is 11.7. The molecule has 1 fully saturated rings. The molecule has 102 valence electrons. The predicted octanol–water partition coefficient (Wildman–Crippen LogP) is 1.46. The van der Waals surface area contributed by atoms with Crippen LogP contribution in [0.3, 0.4) is 0 Å². The van der Waals surface area contributed by atoms with Gasteiger partial charge < -0.3 is 14.8 Å². The highest BCUT2D eigenvalue weighted by molar-refractivity contribution is 4.70. The molecule has 1 saturated heterocycles. The molecular formula is C13H28N2O2. The molecule has 0 aromatic heterocycles. The molecule has 1 N–H and O–H groups in total. The smallest absolute Gasteiger partial charge is 0.147 e. The van der Waals surface area contributed by atoms with E-state index in [0.717, 1.165) is 32.7 Å². The van der Waals surface area contributed by atoms with Gasteiger partial charge in [-0.1, -0.05) is 0 Å². The lowest BCUT2D eigenvalue weighted by Crippen LogP contribution is -2.43. The fourth-order valence-electron chi connectivity index (χ4n) is 2.25. The molecule has 1 atom stereocenters. The molecule has 0 saturated carbocycles. The van der Waals surface area contributed by atoms with Crippen LogP contribution in [0.5, 0.6) is 0 Å². The Hall–Kier alpha value is -0.160. The van der Waals surface area contributed by atoms with Gasteiger partial charge in [0.1, 0.15) is 6.79 Å². The molecule has 0 aromatic carbocycles. The van der Waals surface area contributed by atoms with Crippen molar-refractivity contribution in [3.05, 3.63) is 0 Å². The average molecular weight is 244 g/mol. The van der Waals surface area contributed by atoms with Crippen LogP contribution in [0.15, 0.2) is 0 Å². The van der Waals surface area contributed by atoms with Crippen molar-refractivity contribution in [2.75, 3.05) is 33.0 Å². The molecule has 0 bridgehead atoms. The molecule has 1 rings (SSSR count). The zero-order chi connectivity index (χ0) is 12.7. The van der Waals surface area contributed by atoms with Gasteiger partial charge in [-0.2, -0.15) is 0 Å². The van der Waals surface area contributed by atoms with Crippen LogP contribution in [0.4, 0.5) is 0 Å². The van der Waals surface area contributed by atoms with Gasteiger partial charge >= 0.3 is 0 Å². The SMILES string of the molecule is CC(C)N(CCNCC1CCOCO1)C(C)C. The van der Waals surface area contributed by atoms with Gasteiger partial charge in [0.2, 0.25) is 0 Å². The summed E-state index contributed by atoms with van der Waals surface area (Å²) in [4.78, 5) is 2.50. The lowest BCUT2D eigenvalue weighted by molar-refractivity contribution is -0.137. The second-order valence-electron chi connectivity index (χ2n) is 5.23. The first kappa shape index (κ1) is 14.9. The first-order chi connectivity index (χ1) is 8.11. The van der Waals surface area contributed by atoms with Crippen molar-refractivity contribution in [3.8, 4) is 0 Å². The Balaban J connectivity index is 2.09. The number of nitrogens with one attached hydrogen (secondary N) is 1. The number of rotatable bonds is 7. The number of nitrogens with zero attached hydrogens (tertiary/aromatic N) is 1. The minimum Gasteiger partial charge on any atom is -0.355 e. The highest BCUT2D eigenvalue weighted by Gasteiger charge is 2.15. The first-order valence-corrected chi connectivity index (χ1v) is 6.77. The maximum absolute atomic E-state index is 5.48. The Morgan fingerprint density at radius 3 is 2.47 bits per heavy atom. The lowest BCUT2D eigenvalue weighted by atomic mass is 10.2. The van der Waals surface area contributed by atoms with E-state index in [1.807, 2.05) is 0 Å². The number of hydrogen-bond acceptors (Lipinski definition) is 4. The van der Waals surface area contributed by atoms with Crippen LogP contribution >= 0.6 is 0 Å². The topological polar surface area (TPSA) is 33.7 Å². The summed E-state index contributed by atoms with van der Waals surface area (Å²) >= 11 is 0. The average Bonchev–Trinajstić information content (AvgIpc) is 2.29. The van der Waals surface area contributed by atoms with Gasteiger partial charge in [0.25, 0.3) is 0 Å². The van der Waals surface area contributed by atoms with Gasteiger partial charge in [-0.05, 0) is 34.1 Å². The first-order valence-electron chi connectivity index (χ1n) is 6.77. The molecule has 0 radical (unpaired) electrons. The second-order valence-corrected chi connectivity index (χ2v) is 5.23. The largest absolute Gasteiger partial charge is 0.355 e. The fraction of sp³-hybridized carbons (Fsp3) is 1.00. The third-order valence-corrected chi connectivity index (χ3v) is 3.22. The van der Waals surface area contributed by atoms with Crippen molar-refractivity contribution < 1.29 is 9.47 Å². The third-order valence-electron chi connectivity index (χ3n) is 3.22. The Morgan fingerprint density at radius 1 is 1.24 bits per heavy atom. The number of hydrogen-bond donors (Lipinski definition) is 1. The van der Waals surface area contributed by atoms with Gasteiger partial charge in [0.15, 0.2) is 0 Å². The van der Waals surface area contributed by atoms with Crippen LogP contribution in [0.1, 0.15) is 34.1 Å². The molecule has 4 heteroatoms. The Labute approximate surface area is 106 Å². The van der Waals surface area contributed by atoms with E-state index in [1.54, 1.807) is 0 Å². The van der Waals surface area contributed by atoms with E-state index in [0.29, 0.717) is 25.0 Å². The van der Waals surface area contributed by atoms with Crippen molar-refractivity contribution in [1.82, 2.24) is 10.2 Å². The van der Waals surface area contributed by atoms with Crippen LogP contribution < -0.4 is 5.32 Å². The van der Waals surface area contributed by atoms with E-state index in [4.69, 9.17) is 9.47 Å². The van der Waals surface area contributed by atoms with Gasteiger partial charge in [-0.15, -0.1) is 0 Å². The third kappa shape index (κ3) is 5.82. The van der Waals surface area contributed by atoms with Crippen LogP contribution in [0, 0.1) is 0 Å². The summed E-state index contributed by atoms with van der Waals surface area (Å²) in [5.74, 6) is 0. The van der Waals surface area contributed by atoms with Crippen molar-refractivity contribution >= 4 is 0 Å². The highest BCUT2D eigenvalue weighted by atomic mass is 16.7. The number of ether oxygens (including phenoxy) is 2. The molecule has 17 heavy (non-hydrogen) atoms.